The zero-order valence-corrected chi connectivity index (χ0v) is 24.0. The van der Waals surface area contributed by atoms with E-state index in [1.54, 1.807) is 35.7 Å². The topological polar surface area (TPSA) is 51.2 Å². The summed E-state index contributed by atoms with van der Waals surface area (Å²) in [4.78, 5) is 42.6. The van der Waals surface area contributed by atoms with Crippen LogP contribution in [0.4, 0.5) is 0 Å². The summed E-state index contributed by atoms with van der Waals surface area (Å²) < 4.78 is 0. The smallest absolute Gasteiger partial charge is 0.237 e. The minimum Gasteiger partial charge on any atom is -0.288 e. The van der Waals surface area contributed by atoms with Crippen LogP contribution in [0.25, 0.3) is 35.5 Å². The molecule has 2 heterocycles. The Morgan fingerprint density at radius 1 is 0.452 bits per heavy atom. The molecule has 3 nitrogen and oxygen atoms in total. The van der Waals surface area contributed by atoms with Crippen LogP contribution in [0, 0.1) is 0 Å². The van der Waals surface area contributed by atoms with Gasteiger partial charge in [0.05, 0.1) is 20.9 Å². The molecule has 0 aromatic heterocycles. The second-order valence-corrected chi connectivity index (χ2v) is 12.6. The molecule has 2 aliphatic heterocycles. The molecule has 0 spiro atoms. The molecule has 2 aliphatic rings. The van der Waals surface area contributed by atoms with Crippen molar-refractivity contribution in [3.63, 3.8) is 0 Å². The highest BCUT2D eigenvalue weighted by Gasteiger charge is 2.25. The lowest BCUT2D eigenvalue weighted by molar-refractivity contribution is 1.35. The van der Waals surface area contributed by atoms with E-state index >= 15 is 0 Å². The van der Waals surface area contributed by atoms with Crippen molar-refractivity contribution in [2.75, 3.05) is 0 Å². The van der Waals surface area contributed by atoms with Gasteiger partial charge in [-0.2, -0.15) is 0 Å². The Bertz CT molecular complexity index is 2000. The number of hydrogen-bond donors (Lipinski definition) is 0. The van der Waals surface area contributed by atoms with E-state index in [4.69, 9.17) is 0 Å². The predicted octanol–water partition coefficient (Wildman–Crippen LogP) is 5.63. The van der Waals surface area contributed by atoms with E-state index in [2.05, 4.69) is 24.3 Å². The van der Waals surface area contributed by atoms with Crippen LogP contribution in [0.5, 0.6) is 0 Å². The predicted molar refractivity (Wildman–Crippen MR) is 177 cm³/mol. The van der Waals surface area contributed by atoms with Gasteiger partial charge in [-0.1, -0.05) is 109 Å². The molecular weight excluding hydrogens is 557 g/mol. The quantitative estimate of drug-likeness (QED) is 0.258. The van der Waals surface area contributed by atoms with Crippen LogP contribution < -0.4 is 26.7 Å². The summed E-state index contributed by atoms with van der Waals surface area (Å²) in [5, 5.41) is -0.686. The molecule has 0 radical (unpaired) electrons. The summed E-state index contributed by atoms with van der Waals surface area (Å²) >= 11 is 3.17. The van der Waals surface area contributed by atoms with Crippen LogP contribution in [0.15, 0.2) is 133 Å². The normalized spacial score (nSPS) is 18.7. The van der Waals surface area contributed by atoms with Crippen molar-refractivity contribution in [2.45, 2.75) is 20.3 Å². The Hall–Kier alpha value is -4.45. The standard InChI is InChI=1S/C37H24O3S2/c38-35-29(21-33-27(23-11-3-1-4-12-23)19-25-15-7-9-17-31(25)41-33)36(39)37(40)30(35)22-34-28(24-13-5-2-6-14-24)20-26-16-8-10-18-32(26)42-34/h1-22,33-34H/b29-21-,30-22-. The van der Waals surface area contributed by atoms with Crippen LogP contribution in [0.3, 0.4) is 0 Å². The fraction of sp³-hybridized carbons (Fsp3) is 0.0541. The summed E-state index contributed by atoms with van der Waals surface area (Å²) in [5.41, 5.74) is 4.22. The van der Waals surface area contributed by atoms with E-state index in [1.807, 2.05) is 97.1 Å². The molecule has 0 aliphatic carbocycles. The maximum Gasteiger partial charge on any atom is 0.237 e. The first-order valence-corrected chi connectivity index (χ1v) is 15.5. The monoisotopic (exact) mass is 580 g/mol. The maximum absolute atomic E-state index is 13.8. The highest BCUT2D eigenvalue weighted by molar-refractivity contribution is 8.01. The Morgan fingerprint density at radius 3 is 1.26 bits per heavy atom. The number of benzene rings is 4. The third-order valence-electron chi connectivity index (χ3n) is 7.62. The first-order valence-electron chi connectivity index (χ1n) is 13.7. The molecule has 2 atom stereocenters. The van der Waals surface area contributed by atoms with Crippen molar-refractivity contribution in [3.05, 3.63) is 173 Å². The minimum atomic E-state index is -0.732. The van der Waals surface area contributed by atoms with E-state index in [-0.39, 0.29) is 20.9 Å². The Balaban J connectivity index is 1.37. The molecule has 0 saturated heterocycles. The van der Waals surface area contributed by atoms with Crippen LogP contribution in [0.1, 0.15) is 22.3 Å². The summed E-state index contributed by atoms with van der Waals surface area (Å²) in [5.74, 6) is 0. The Labute approximate surface area is 251 Å². The Morgan fingerprint density at radius 2 is 0.833 bits per heavy atom. The van der Waals surface area contributed by atoms with Crippen molar-refractivity contribution in [1.82, 2.24) is 0 Å². The zero-order valence-electron chi connectivity index (χ0n) is 22.4. The summed E-state index contributed by atoms with van der Waals surface area (Å²) in [6, 6.07) is 36.0. The van der Waals surface area contributed by atoms with Gasteiger partial charge in [-0.05, 0) is 57.7 Å². The molecule has 0 saturated carbocycles. The van der Waals surface area contributed by atoms with Gasteiger partial charge < -0.3 is 0 Å². The molecular formula is C37H24O3S2. The fourth-order valence-electron chi connectivity index (χ4n) is 5.52. The van der Waals surface area contributed by atoms with Gasteiger partial charge in [0, 0.05) is 9.79 Å². The third-order valence-corrected chi connectivity index (χ3v) is 10.2. The second kappa shape index (κ2) is 11.1. The van der Waals surface area contributed by atoms with Crippen LogP contribution in [-0.4, -0.2) is 10.5 Å². The highest BCUT2D eigenvalue weighted by atomic mass is 32.2. The lowest BCUT2D eigenvalue weighted by Crippen LogP contribution is -2.38. The fourth-order valence-corrected chi connectivity index (χ4v) is 7.98. The first kappa shape index (κ1) is 26.4. The van der Waals surface area contributed by atoms with Gasteiger partial charge in [-0.15, -0.1) is 23.5 Å². The largest absolute Gasteiger partial charge is 0.288 e. The Kier molecular flexibility index (Phi) is 6.98. The molecule has 0 fully saturated rings. The van der Waals surface area contributed by atoms with Crippen LogP contribution in [0.2, 0.25) is 0 Å². The zero-order chi connectivity index (χ0) is 28.6. The minimum absolute atomic E-state index is 0.0450. The van der Waals surface area contributed by atoms with E-state index in [1.165, 1.54) is 0 Å². The molecule has 5 aromatic rings. The van der Waals surface area contributed by atoms with Gasteiger partial charge in [-0.25, -0.2) is 0 Å². The molecule has 2 unspecified atom stereocenters. The first-order chi connectivity index (χ1) is 20.6. The molecule has 42 heavy (non-hydrogen) atoms. The number of thioether (sulfide) groups is 2. The summed E-state index contributed by atoms with van der Waals surface area (Å²) in [6.45, 7) is 0. The third kappa shape index (κ3) is 4.85. The molecule has 0 amide bonds. The van der Waals surface area contributed by atoms with Crippen molar-refractivity contribution < 1.29 is 0 Å². The van der Waals surface area contributed by atoms with Crippen molar-refractivity contribution >= 4 is 59.0 Å². The molecule has 5 heteroatoms. The van der Waals surface area contributed by atoms with Crippen LogP contribution >= 0.6 is 23.5 Å². The summed E-state index contributed by atoms with van der Waals surface area (Å²) in [6.07, 6.45) is 7.61. The van der Waals surface area contributed by atoms with E-state index in [0.717, 1.165) is 43.2 Å². The number of hydrogen-bond acceptors (Lipinski definition) is 5. The van der Waals surface area contributed by atoms with Crippen molar-refractivity contribution in [1.29, 1.82) is 0 Å². The van der Waals surface area contributed by atoms with Gasteiger partial charge in [0.15, 0.2) is 0 Å². The average Bonchev–Trinajstić information content (AvgIpc) is 3.23. The lowest BCUT2D eigenvalue weighted by Gasteiger charge is -2.23. The van der Waals surface area contributed by atoms with E-state index in [9.17, 15) is 14.4 Å². The molecule has 202 valence electrons. The maximum atomic E-state index is 13.8. The molecule has 0 bridgehead atoms. The van der Waals surface area contributed by atoms with Gasteiger partial charge >= 0.3 is 0 Å². The average molecular weight is 581 g/mol. The number of fused-ring (bicyclic) bond motifs is 2. The summed E-state index contributed by atoms with van der Waals surface area (Å²) in [7, 11) is 0. The molecule has 7 rings (SSSR count). The van der Waals surface area contributed by atoms with E-state index < -0.39 is 16.3 Å². The van der Waals surface area contributed by atoms with E-state index in [0.29, 0.717) is 0 Å². The molecule has 0 N–H and O–H groups in total. The van der Waals surface area contributed by atoms with Gasteiger partial charge in [0.1, 0.15) is 0 Å². The van der Waals surface area contributed by atoms with Gasteiger partial charge in [0.25, 0.3) is 0 Å². The molecule has 5 aromatic carbocycles. The van der Waals surface area contributed by atoms with Crippen molar-refractivity contribution in [2.24, 2.45) is 0 Å². The van der Waals surface area contributed by atoms with Gasteiger partial charge in [-0.3, -0.25) is 14.4 Å². The van der Waals surface area contributed by atoms with Crippen molar-refractivity contribution in [3.8, 4) is 0 Å². The van der Waals surface area contributed by atoms with Gasteiger partial charge in [0.2, 0.25) is 16.3 Å². The van der Waals surface area contributed by atoms with Crippen LogP contribution in [-0.2, 0) is 0 Å². The number of rotatable bonds is 4. The lowest BCUT2D eigenvalue weighted by atomic mass is 9.98. The highest BCUT2D eigenvalue weighted by Crippen LogP contribution is 2.43. The SMILES string of the molecule is O=c1c(=O)/c(=C\C2Sc3ccccc3C=C2c2ccccc2)c(=O)/c1=C/C1Sc2ccccc2C=C1c1ccccc1. The second-order valence-electron chi connectivity index (χ2n) is 10.2.